The van der Waals surface area contributed by atoms with Crippen LogP contribution in [-0.2, 0) is 0 Å². The Hall–Kier alpha value is -2.14. The number of aromatic nitrogens is 2. The predicted octanol–water partition coefficient (Wildman–Crippen LogP) is 2.33. The Bertz CT molecular complexity index is 564. The summed E-state index contributed by atoms with van der Waals surface area (Å²) in [7, 11) is 0. The molecule has 2 N–H and O–H groups in total. The van der Waals surface area contributed by atoms with Crippen LogP contribution in [0.4, 0.5) is 0 Å². The van der Waals surface area contributed by atoms with Crippen molar-refractivity contribution in [2.75, 3.05) is 0 Å². The molecule has 0 aliphatic rings. The van der Waals surface area contributed by atoms with Crippen LogP contribution in [0.15, 0.2) is 30.3 Å². The maximum absolute atomic E-state index is 10.9. The summed E-state index contributed by atoms with van der Waals surface area (Å²) < 4.78 is 5.49. The van der Waals surface area contributed by atoms with Gasteiger partial charge in [-0.3, -0.25) is 4.79 Å². The summed E-state index contributed by atoms with van der Waals surface area (Å²) in [5, 5.41) is 0.124. The maximum Gasteiger partial charge on any atom is 0.248 e. The zero-order valence-corrected chi connectivity index (χ0v) is 10.3. The molecule has 2 rings (SSSR count). The van der Waals surface area contributed by atoms with E-state index in [0.717, 1.165) is 0 Å². The number of nitrogens with two attached hydrogens (primary N) is 1. The Labute approximate surface area is 109 Å². The molecule has 0 fully saturated rings. The number of carbonyl (C=O) groups excluding carboxylic acids is 1. The molecule has 0 atom stereocenters. The van der Waals surface area contributed by atoms with E-state index in [0.29, 0.717) is 22.9 Å². The molecule has 2 aromatic rings. The van der Waals surface area contributed by atoms with Crippen molar-refractivity contribution in [3.05, 3.63) is 46.9 Å². The van der Waals surface area contributed by atoms with E-state index in [-0.39, 0.29) is 5.28 Å². The molecule has 6 heteroatoms. The molecule has 0 unspecified atom stereocenters. The van der Waals surface area contributed by atoms with Gasteiger partial charge in [-0.05, 0) is 42.8 Å². The van der Waals surface area contributed by atoms with Gasteiger partial charge >= 0.3 is 0 Å². The maximum atomic E-state index is 10.9. The van der Waals surface area contributed by atoms with Crippen molar-refractivity contribution in [1.82, 2.24) is 9.97 Å². The van der Waals surface area contributed by atoms with E-state index in [1.54, 1.807) is 37.3 Å². The first-order valence-corrected chi connectivity index (χ1v) is 5.51. The summed E-state index contributed by atoms with van der Waals surface area (Å²) in [6.45, 7) is 1.79. The molecule has 92 valence electrons. The number of ether oxygens (including phenoxy) is 1. The number of carbonyl (C=O) groups is 1. The van der Waals surface area contributed by atoms with Crippen LogP contribution in [0.1, 0.15) is 16.1 Å². The van der Waals surface area contributed by atoms with Gasteiger partial charge in [0.05, 0.1) is 0 Å². The summed E-state index contributed by atoms with van der Waals surface area (Å²) in [6, 6.07) is 8.07. The first kappa shape index (κ1) is 12.3. The van der Waals surface area contributed by atoms with Gasteiger partial charge in [0.2, 0.25) is 17.1 Å². The number of halogens is 1. The van der Waals surface area contributed by atoms with Gasteiger partial charge in [-0.2, -0.15) is 4.98 Å². The molecule has 5 nitrogen and oxygen atoms in total. The molecule has 0 radical (unpaired) electrons. The number of hydrogen-bond donors (Lipinski definition) is 1. The van der Waals surface area contributed by atoms with Gasteiger partial charge in [0.1, 0.15) is 5.75 Å². The van der Waals surface area contributed by atoms with E-state index in [9.17, 15) is 4.79 Å². The van der Waals surface area contributed by atoms with Crippen LogP contribution < -0.4 is 10.5 Å². The predicted molar refractivity (Wildman–Crippen MR) is 66.8 cm³/mol. The molecule has 1 aromatic carbocycles. The lowest BCUT2D eigenvalue weighted by atomic mass is 10.2. The van der Waals surface area contributed by atoms with Crippen LogP contribution in [0.5, 0.6) is 11.6 Å². The highest BCUT2D eigenvalue weighted by molar-refractivity contribution is 6.28. The highest BCUT2D eigenvalue weighted by Crippen LogP contribution is 2.21. The zero-order chi connectivity index (χ0) is 13.1. The number of hydrogen-bond acceptors (Lipinski definition) is 4. The molecule has 0 aliphatic carbocycles. The Kier molecular flexibility index (Phi) is 3.43. The van der Waals surface area contributed by atoms with Crippen molar-refractivity contribution in [1.29, 1.82) is 0 Å². The second-order valence-electron chi connectivity index (χ2n) is 3.61. The molecule has 0 bridgehead atoms. The van der Waals surface area contributed by atoms with Gasteiger partial charge < -0.3 is 10.5 Å². The Balaban J connectivity index is 2.20. The van der Waals surface area contributed by atoms with Gasteiger partial charge in [-0.25, -0.2) is 4.98 Å². The summed E-state index contributed by atoms with van der Waals surface area (Å²) in [6.07, 6.45) is 0. The number of nitrogens with zero attached hydrogens (tertiary/aromatic N) is 2. The Morgan fingerprint density at radius 2 is 1.94 bits per heavy atom. The highest BCUT2D eigenvalue weighted by atomic mass is 35.5. The van der Waals surface area contributed by atoms with E-state index < -0.39 is 5.91 Å². The highest BCUT2D eigenvalue weighted by Gasteiger charge is 2.04. The SMILES string of the molecule is Cc1cc(Oc2ccc(C(N)=O)cc2)nc(Cl)n1. The average Bonchev–Trinajstić information content (AvgIpc) is 2.28. The van der Waals surface area contributed by atoms with Crippen molar-refractivity contribution in [2.24, 2.45) is 5.73 Å². The number of rotatable bonds is 3. The van der Waals surface area contributed by atoms with Crippen LogP contribution >= 0.6 is 11.6 Å². The van der Waals surface area contributed by atoms with Crippen molar-refractivity contribution in [3.8, 4) is 11.6 Å². The summed E-state index contributed by atoms with van der Waals surface area (Å²) >= 11 is 5.72. The molecular weight excluding hydrogens is 254 g/mol. The molecule has 1 amide bonds. The number of amides is 1. The van der Waals surface area contributed by atoms with Crippen LogP contribution in [-0.4, -0.2) is 15.9 Å². The first-order valence-electron chi connectivity index (χ1n) is 5.13. The van der Waals surface area contributed by atoms with Gasteiger partial charge in [-0.1, -0.05) is 0 Å². The zero-order valence-electron chi connectivity index (χ0n) is 9.55. The lowest BCUT2D eigenvalue weighted by molar-refractivity contribution is 0.100. The van der Waals surface area contributed by atoms with Crippen LogP contribution in [0.2, 0.25) is 5.28 Å². The number of aryl methyl sites for hydroxylation is 1. The summed E-state index contributed by atoms with van der Waals surface area (Å²) in [5.41, 5.74) is 6.26. The van der Waals surface area contributed by atoms with Crippen LogP contribution in [0.25, 0.3) is 0 Å². The minimum atomic E-state index is -0.484. The van der Waals surface area contributed by atoms with Gasteiger partial charge in [0.15, 0.2) is 0 Å². The topological polar surface area (TPSA) is 78.1 Å². The summed E-state index contributed by atoms with van der Waals surface area (Å²) in [4.78, 5) is 18.8. The second kappa shape index (κ2) is 5.01. The molecule has 0 spiro atoms. The minimum Gasteiger partial charge on any atom is -0.439 e. The fourth-order valence-corrected chi connectivity index (χ4v) is 1.58. The van der Waals surface area contributed by atoms with E-state index in [2.05, 4.69) is 9.97 Å². The lowest BCUT2D eigenvalue weighted by Gasteiger charge is -2.05. The van der Waals surface area contributed by atoms with Crippen molar-refractivity contribution in [2.45, 2.75) is 6.92 Å². The molecular formula is C12H10ClN3O2. The van der Waals surface area contributed by atoms with E-state index in [1.165, 1.54) is 0 Å². The molecule has 1 heterocycles. The third kappa shape index (κ3) is 2.95. The number of primary amides is 1. The van der Waals surface area contributed by atoms with Crippen molar-refractivity contribution in [3.63, 3.8) is 0 Å². The summed E-state index contributed by atoms with van der Waals surface area (Å²) in [5.74, 6) is 0.399. The van der Waals surface area contributed by atoms with Crippen LogP contribution in [0.3, 0.4) is 0 Å². The van der Waals surface area contributed by atoms with Crippen molar-refractivity contribution >= 4 is 17.5 Å². The normalized spacial score (nSPS) is 10.1. The third-order valence-corrected chi connectivity index (χ3v) is 2.33. The molecule has 18 heavy (non-hydrogen) atoms. The molecule has 0 saturated carbocycles. The second-order valence-corrected chi connectivity index (χ2v) is 3.95. The molecule has 0 aliphatic heterocycles. The first-order chi connectivity index (χ1) is 8.54. The molecule has 1 aromatic heterocycles. The lowest BCUT2D eigenvalue weighted by Crippen LogP contribution is -2.10. The third-order valence-electron chi connectivity index (χ3n) is 2.16. The van der Waals surface area contributed by atoms with Gasteiger partial charge in [0.25, 0.3) is 0 Å². The fourth-order valence-electron chi connectivity index (χ4n) is 1.36. The Morgan fingerprint density at radius 3 is 2.50 bits per heavy atom. The largest absolute Gasteiger partial charge is 0.439 e. The van der Waals surface area contributed by atoms with E-state index in [1.807, 2.05) is 0 Å². The van der Waals surface area contributed by atoms with Crippen molar-refractivity contribution < 1.29 is 9.53 Å². The smallest absolute Gasteiger partial charge is 0.248 e. The van der Waals surface area contributed by atoms with E-state index >= 15 is 0 Å². The van der Waals surface area contributed by atoms with Gasteiger partial charge in [-0.15, -0.1) is 0 Å². The fraction of sp³-hybridized carbons (Fsp3) is 0.0833. The van der Waals surface area contributed by atoms with E-state index in [4.69, 9.17) is 22.1 Å². The van der Waals surface area contributed by atoms with Crippen LogP contribution in [0, 0.1) is 6.92 Å². The minimum absolute atomic E-state index is 0.124. The van der Waals surface area contributed by atoms with Gasteiger partial charge in [0, 0.05) is 17.3 Å². The standard InChI is InChI=1S/C12H10ClN3O2/c1-7-6-10(16-12(13)15-7)18-9-4-2-8(3-5-9)11(14)17/h2-6H,1H3,(H2,14,17). The average molecular weight is 264 g/mol. The Morgan fingerprint density at radius 1 is 1.28 bits per heavy atom. The molecule has 0 saturated heterocycles. The monoisotopic (exact) mass is 263 g/mol. The number of benzene rings is 1. The quantitative estimate of drug-likeness (QED) is 0.862.